The Morgan fingerprint density at radius 1 is 1.57 bits per heavy atom. The number of methoxy groups -OCH3 is 1. The first-order valence-corrected chi connectivity index (χ1v) is 4.75. The molecular formula is C9H10BrFO3. The maximum absolute atomic E-state index is 13.3. The molecule has 0 aliphatic carbocycles. The van der Waals surface area contributed by atoms with Crippen molar-refractivity contribution >= 4 is 15.9 Å². The SMILES string of the molecule is COc1c(O)cc(F)c(CCO)c1Br. The molecule has 0 saturated heterocycles. The topological polar surface area (TPSA) is 49.7 Å². The summed E-state index contributed by atoms with van der Waals surface area (Å²) in [5.74, 6) is -0.655. The summed E-state index contributed by atoms with van der Waals surface area (Å²) in [6.45, 7) is -0.163. The van der Waals surface area contributed by atoms with Crippen LogP contribution in [0.3, 0.4) is 0 Å². The number of phenols is 1. The summed E-state index contributed by atoms with van der Waals surface area (Å²) in [5.41, 5.74) is 0.294. The van der Waals surface area contributed by atoms with Gasteiger partial charge in [-0.05, 0) is 22.4 Å². The summed E-state index contributed by atoms with van der Waals surface area (Å²) < 4.78 is 18.5. The van der Waals surface area contributed by atoms with Crippen LogP contribution in [0.5, 0.6) is 11.5 Å². The van der Waals surface area contributed by atoms with Crippen molar-refractivity contribution in [2.24, 2.45) is 0 Å². The van der Waals surface area contributed by atoms with Gasteiger partial charge in [-0.15, -0.1) is 0 Å². The molecule has 0 heterocycles. The van der Waals surface area contributed by atoms with Crippen LogP contribution in [0, 0.1) is 5.82 Å². The van der Waals surface area contributed by atoms with Crippen LogP contribution in [-0.4, -0.2) is 23.9 Å². The van der Waals surface area contributed by atoms with E-state index in [0.29, 0.717) is 10.0 Å². The van der Waals surface area contributed by atoms with Crippen LogP contribution in [-0.2, 0) is 6.42 Å². The molecule has 0 saturated carbocycles. The van der Waals surface area contributed by atoms with Gasteiger partial charge in [0.05, 0.1) is 11.6 Å². The third-order valence-electron chi connectivity index (χ3n) is 1.81. The minimum Gasteiger partial charge on any atom is -0.504 e. The van der Waals surface area contributed by atoms with Crippen molar-refractivity contribution in [1.82, 2.24) is 0 Å². The number of aromatic hydroxyl groups is 1. The fourth-order valence-corrected chi connectivity index (χ4v) is 1.91. The fourth-order valence-electron chi connectivity index (χ4n) is 1.16. The van der Waals surface area contributed by atoms with Crippen LogP contribution < -0.4 is 4.74 Å². The lowest BCUT2D eigenvalue weighted by Crippen LogP contribution is -1.99. The molecule has 78 valence electrons. The number of halogens is 2. The molecule has 1 aromatic rings. The Morgan fingerprint density at radius 3 is 2.71 bits per heavy atom. The summed E-state index contributed by atoms with van der Waals surface area (Å²) in [5, 5.41) is 18.0. The lowest BCUT2D eigenvalue weighted by molar-refractivity contribution is 0.296. The van der Waals surface area contributed by atoms with E-state index in [2.05, 4.69) is 15.9 Å². The van der Waals surface area contributed by atoms with Crippen LogP contribution >= 0.6 is 15.9 Å². The normalized spacial score (nSPS) is 10.3. The molecule has 14 heavy (non-hydrogen) atoms. The van der Waals surface area contributed by atoms with Crippen molar-refractivity contribution < 1.29 is 19.3 Å². The highest BCUT2D eigenvalue weighted by Gasteiger charge is 2.16. The van der Waals surface area contributed by atoms with E-state index in [0.717, 1.165) is 6.07 Å². The van der Waals surface area contributed by atoms with Gasteiger partial charge in [-0.3, -0.25) is 0 Å². The van der Waals surface area contributed by atoms with Gasteiger partial charge in [0.1, 0.15) is 5.82 Å². The zero-order valence-corrected chi connectivity index (χ0v) is 9.14. The van der Waals surface area contributed by atoms with Gasteiger partial charge in [-0.25, -0.2) is 4.39 Å². The molecule has 0 atom stereocenters. The van der Waals surface area contributed by atoms with E-state index in [1.54, 1.807) is 0 Å². The number of hydrogen-bond acceptors (Lipinski definition) is 3. The highest BCUT2D eigenvalue weighted by Crippen LogP contribution is 2.38. The molecule has 0 aliphatic rings. The summed E-state index contributed by atoms with van der Waals surface area (Å²) in [6.07, 6.45) is 0.170. The number of rotatable bonds is 3. The Kier molecular flexibility index (Phi) is 3.71. The van der Waals surface area contributed by atoms with Crippen molar-refractivity contribution in [3.63, 3.8) is 0 Å². The maximum Gasteiger partial charge on any atom is 0.175 e. The predicted molar refractivity (Wildman–Crippen MR) is 53.1 cm³/mol. The van der Waals surface area contributed by atoms with Crippen molar-refractivity contribution in [2.75, 3.05) is 13.7 Å². The van der Waals surface area contributed by atoms with Crippen molar-refractivity contribution in [2.45, 2.75) is 6.42 Å². The second-order valence-corrected chi connectivity index (χ2v) is 3.47. The van der Waals surface area contributed by atoms with Crippen LogP contribution in [0.25, 0.3) is 0 Å². The molecule has 2 N–H and O–H groups in total. The Labute approximate surface area is 89.3 Å². The van der Waals surface area contributed by atoms with Gasteiger partial charge < -0.3 is 14.9 Å². The summed E-state index contributed by atoms with van der Waals surface area (Å²) in [6, 6.07) is 0.967. The predicted octanol–water partition coefficient (Wildman–Crippen LogP) is 1.84. The highest BCUT2D eigenvalue weighted by atomic mass is 79.9. The number of benzene rings is 1. The van der Waals surface area contributed by atoms with Crippen LogP contribution in [0.4, 0.5) is 4.39 Å². The van der Waals surface area contributed by atoms with Crippen LogP contribution in [0.1, 0.15) is 5.56 Å². The largest absolute Gasteiger partial charge is 0.504 e. The van der Waals surface area contributed by atoms with E-state index in [1.807, 2.05) is 0 Å². The van der Waals surface area contributed by atoms with E-state index >= 15 is 0 Å². The average molecular weight is 265 g/mol. The number of phenolic OH excluding ortho intramolecular Hbond substituents is 1. The molecule has 0 bridgehead atoms. The van der Waals surface area contributed by atoms with Crippen LogP contribution in [0.2, 0.25) is 0 Å². The molecule has 1 aromatic carbocycles. The molecule has 1 rings (SSSR count). The maximum atomic E-state index is 13.3. The second kappa shape index (κ2) is 4.61. The average Bonchev–Trinajstić information content (AvgIpc) is 2.12. The van der Waals surface area contributed by atoms with E-state index in [1.165, 1.54) is 7.11 Å². The Balaban J connectivity index is 3.28. The molecule has 0 radical (unpaired) electrons. The monoisotopic (exact) mass is 264 g/mol. The van der Waals surface area contributed by atoms with Gasteiger partial charge in [0, 0.05) is 18.2 Å². The standard InChI is InChI=1S/C9H10BrFO3/c1-14-9-7(13)4-6(11)5(2-3-12)8(9)10/h4,12-13H,2-3H2,1H3. The van der Waals surface area contributed by atoms with Gasteiger partial charge in [-0.1, -0.05) is 0 Å². The molecule has 0 aromatic heterocycles. The molecule has 0 fully saturated rings. The van der Waals surface area contributed by atoms with Gasteiger partial charge in [-0.2, -0.15) is 0 Å². The summed E-state index contributed by atoms with van der Waals surface area (Å²) in [7, 11) is 1.38. The third kappa shape index (κ3) is 1.99. The molecule has 0 amide bonds. The van der Waals surface area contributed by atoms with Gasteiger partial charge in [0.15, 0.2) is 11.5 Å². The molecule has 5 heteroatoms. The molecular weight excluding hydrogens is 255 g/mol. The number of hydrogen-bond donors (Lipinski definition) is 2. The molecule has 0 unspecified atom stereocenters. The van der Waals surface area contributed by atoms with Gasteiger partial charge in [0.2, 0.25) is 0 Å². The second-order valence-electron chi connectivity index (χ2n) is 2.68. The Bertz CT molecular complexity index is 341. The van der Waals surface area contributed by atoms with E-state index in [4.69, 9.17) is 9.84 Å². The van der Waals surface area contributed by atoms with Gasteiger partial charge in [0.25, 0.3) is 0 Å². The van der Waals surface area contributed by atoms with Crippen molar-refractivity contribution in [1.29, 1.82) is 0 Å². The minimum atomic E-state index is -0.566. The lowest BCUT2D eigenvalue weighted by atomic mass is 10.1. The highest BCUT2D eigenvalue weighted by molar-refractivity contribution is 9.10. The molecule has 0 spiro atoms. The first-order valence-electron chi connectivity index (χ1n) is 3.96. The molecule has 0 aliphatic heterocycles. The van der Waals surface area contributed by atoms with Crippen molar-refractivity contribution in [3.05, 3.63) is 21.9 Å². The van der Waals surface area contributed by atoms with E-state index in [9.17, 15) is 9.50 Å². The van der Waals surface area contributed by atoms with Crippen LogP contribution in [0.15, 0.2) is 10.5 Å². The first-order chi connectivity index (χ1) is 6.61. The quantitative estimate of drug-likeness (QED) is 0.876. The minimum absolute atomic E-state index is 0.163. The first kappa shape index (κ1) is 11.3. The molecule has 3 nitrogen and oxygen atoms in total. The lowest BCUT2D eigenvalue weighted by Gasteiger charge is -2.10. The summed E-state index contributed by atoms with van der Waals surface area (Å²) >= 11 is 3.11. The van der Waals surface area contributed by atoms with Gasteiger partial charge >= 0.3 is 0 Å². The van der Waals surface area contributed by atoms with E-state index < -0.39 is 5.82 Å². The van der Waals surface area contributed by atoms with Crippen molar-refractivity contribution in [3.8, 4) is 11.5 Å². The fraction of sp³-hybridized carbons (Fsp3) is 0.333. The summed E-state index contributed by atoms with van der Waals surface area (Å²) in [4.78, 5) is 0. The number of ether oxygens (including phenoxy) is 1. The zero-order chi connectivity index (χ0) is 10.7. The zero-order valence-electron chi connectivity index (χ0n) is 7.55. The smallest absolute Gasteiger partial charge is 0.175 e. The van der Waals surface area contributed by atoms with E-state index in [-0.39, 0.29) is 24.5 Å². The Hall–Kier alpha value is -0.810. The third-order valence-corrected chi connectivity index (χ3v) is 2.65. The number of aliphatic hydroxyl groups excluding tert-OH is 1. The Morgan fingerprint density at radius 2 is 2.21 bits per heavy atom. The number of aliphatic hydroxyl groups is 1.